The van der Waals surface area contributed by atoms with E-state index in [0.717, 1.165) is 22.0 Å². The van der Waals surface area contributed by atoms with Crippen LogP contribution in [0.1, 0.15) is 25.3 Å². The van der Waals surface area contributed by atoms with E-state index in [2.05, 4.69) is 24.1 Å². The molecule has 0 amide bonds. The van der Waals surface area contributed by atoms with E-state index in [0.29, 0.717) is 11.6 Å². The first-order valence-corrected chi connectivity index (χ1v) is 7.37. The summed E-state index contributed by atoms with van der Waals surface area (Å²) >= 11 is 0. The van der Waals surface area contributed by atoms with Gasteiger partial charge in [0.1, 0.15) is 11.4 Å². The normalized spacial score (nSPS) is 11.6. The molecule has 0 heterocycles. The molecule has 22 heavy (non-hydrogen) atoms. The summed E-state index contributed by atoms with van der Waals surface area (Å²) in [7, 11) is 0. The SMILES string of the molecule is CC(C)c1ccc(O)c(N=Nc2cccc3ccccc23)c1. The number of hydrogen-bond acceptors (Lipinski definition) is 3. The summed E-state index contributed by atoms with van der Waals surface area (Å²) in [5.74, 6) is 0.528. The monoisotopic (exact) mass is 290 g/mol. The first-order valence-electron chi connectivity index (χ1n) is 7.37. The summed E-state index contributed by atoms with van der Waals surface area (Å²) in [5, 5.41) is 20.7. The minimum absolute atomic E-state index is 0.147. The lowest BCUT2D eigenvalue weighted by Gasteiger charge is -2.07. The van der Waals surface area contributed by atoms with Gasteiger partial charge in [-0.15, -0.1) is 10.2 Å². The van der Waals surface area contributed by atoms with E-state index >= 15 is 0 Å². The number of benzene rings is 3. The number of phenolic OH excluding ortho intramolecular Hbond substituents is 1. The molecule has 0 bridgehead atoms. The lowest BCUT2D eigenvalue weighted by Crippen LogP contribution is -1.85. The molecular weight excluding hydrogens is 272 g/mol. The Morgan fingerprint density at radius 1 is 0.818 bits per heavy atom. The van der Waals surface area contributed by atoms with E-state index in [-0.39, 0.29) is 5.75 Å². The third-order valence-electron chi connectivity index (χ3n) is 3.70. The van der Waals surface area contributed by atoms with E-state index in [1.54, 1.807) is 6.07 Å². The van der Waals surface area contributed by atoms with Crippen LogP contribution in [0.4, 0.5) is 11.4 Å². The van der Waals surface area contributed by atoms with Crippen LogP contribution in [0, 0.1) is 0 Å². The van der Waals surface area contributed by atoms with Gasteiger partial charge in [-0.3, -0.25) is 0 Å². The lowest BCUT2D eigenvalue weighted by molar-refractivity contribution is 0.476. The van der Waals surface area contributed by atoms with E-state index in [4.69, 9.17) is 0 Å². The molecule has 0 radical (unpaired) electrons. The van der Waals surface area contributed by atoms with Crippen molar-refractivity contribution in [1.29, 1.82) is 0 Å². The highest BCUT2D eigenvalue weighted by Gasteiger charge is 2.05. The smallest absolute Gasteiger partial charge is 0.143 e. The van der Waals surface area contributed by atoms with Crippen LogP contribution in [0.5, 0.6) is 5.75 Å². The number of hydrogen-bond donors (Lipinski definition) is 1. The van der Waals surface area contributed by atoms with Crippen molar-refractivity contribution in [2.75, 3.05) is 0 Å². The molecule has 0 spiro atoms. The Labute approximate surface area is 130 Å². The molecule has 3 heteroatoms. The minimum atomic E-state index is 0.147. The lowest BCUT2D eigenvalue weighted by atomic mass is 10.0. The van der Waals surface area contributed by atoms with Crippen LogP contribution in [-0.2, 0) is 0 Å². The fraction of sp³-hybridized carbons (Fsp3) is 0.158. The Hall–Kier alpha value is -2.68. The van der Waals surface area contributed by atoms with Gasteiger partial charge in [-0.2, -0.15) is 0 Å². The molecule has 0 aromatic heterocycles. The van der Waals surface area contributed by atoms with Gasteiger partial charge in [-0.05, 0) is 35.1 Å². The van der Waals surface area contributed by atoms with E-state index in [9.17, 15) is 5.11 Å². The van der Waals surface area contributed by atoms with Gasteiger partial charge in [-0.25, -0.2) is 0 Å². The molecule has 3 aromatic carbocycles. The van der Waals surface area contributed by atoms with Crippen LogP contribution in [-0.4, -0.2) is 5.11 Å². The summed E-state index contributed by atoms with van der Waals surface area (Å²) in [6.07, 6.45) is 0. The van der Waals surface area contributed by atoms with Crippen molar-refractivity contribution in [3.05, 3.63) is 66.2 Å². The molecule has 0 aliphatic rings. The van der Waals surface area contributed by atoms with E-state index in [1.807, 2.05) is 54.6 Å². The number of azo groups is 1. The highest BCUT2D eigenvalue weighted by atomic mass is 16.3. The van der Waals surface area contributed by atoms with Crippen LogP contribution >= 0.6 is 0 Å². The molecule has 3 rings (SSSR count). The van der Waals surface area contributed by atoms with Crippen molar-refractivity contribution >= 4 is 22.1 Å². The van der Waals surface area contributed by atoms with E-state index < -0.39 is 0 Å². The summed E-state index contributed by atoms with van der Waals surface area (Å²) in [6, 6.07) is 19.5. The zero-order valence-electron chi connectivity index (χ0n) is 12.7. The zero-order valence-corrected chi connectivity index (χ0v) is 12.7. The standard InChI is InChI=1S/C19H18N2O/c1-13(2)15-10-11-19(22)18(12-15)21-20-17-9-5-7-14-6-3-4-8-16(14)17/h3-13,22H,1-2H3. The van der Waals surface area contributed by atoms with E-state index in [1.165, 1.54) is 0 Å². The van der Waals surface area contributed by atoms with Gasteiger partial charge < -0.3 is 5.11 Å². The van der Waals surface area contributed by atoms with Crippen LogP contribution in [0.15, 0.2) is 70.9 Å². The van der Waals surface area contributed by atoms with Gasteiger partial charge in [0.2, 0.25) is 0 Å². The largest absolute Gasteiger partial charge is 0.506 e. The van der Waals surface area contributed by atoms with Gasteiger partial charge in [0.25, 0.3) is 0 Å². The number of fused-ring (bicyclic) bond motifs is 1. The fourth-order valence-corrected chi connectivity index (χ4v) is 2.38. The van der Waals surface area contributed by atoms with Gasteiger partial charge in [0.15, 0.2) is 0 Å². The topological polar surface area (TPSA) is 45.0 Å². The molecule has 0 atom stereocenters. The summed E-state index contributed by atoms with van der Waals surface area (Å²) in [5.41, 5.74) is 2.43. The second kappa shape index (κ2) is 5.98. The maximum Gasteiger partial charge on any atom is 0.143 e. The third-order valence-corrected chi connectivity index (χ3v) is 3.70. The molecular formula is C19H18N2O. The molecule has 0 unspecified atom stereocenters. The number of phenols is 1. The average Bonchev–Trinajstić information content (AvgIpc) is 2.54. The highest BCUT2D eigenvalue weighted by Crippen LogP contribution is 2.33. The Kier molecular flexibility index (Phi) is 3.88. The molecule has 0 aliphatic carbocycles. The second-order valence-electron chi connectivity index (χ2n) is 5.60. The Balaban J connectivity index is 2.01. The zero-order chi connectivity index (χ0) is 15.5. The highest BCUT2D eigenvalue weighted by molar-refractivity contribution is 5.92. The van der Waals surface area contributed by atoms with Crippen molar-refractivity contribution in [2.45, 2.75) is 19.8 Å². The van der Waals surface area contributed by atoms with Gasteiger partial charge >= 0.3 is 0 Å². The molecule has 0 saturated carbocycles. The van der Waals surface area contributed by atoms with Gasteiger partial charge in [-0.1, -0.05) is 56.3 Å². The Morgan fingerprint density at radius 3 is 2.36 bits per heavy atom. The molecule has 3 aromatic rings. The number of nitrogens with zero attached hydrogens (tertiary/aromatic N) is 2. The summed E-state index contributed by atoms with van der Waals surface area (Å²) in [4.78, 5) is 0. The molecule has 1 N–H and O–H groups in total. The van der Waals surface area contributed by atoms with Crippen LogP contribution < -0.4 is 0 Å². The fourth-order valence-electron chi connectivity index (χ4n) is 2.38. The average molecular weight is 290 g/mol. The first-order chi connectivity index (χ1) is 10.6. The second-order valence-corrected chi connectivity index (χ2v) is 5.60. The summed E-state index contributed by atoms with van der Waals surface area (Å²) < 4.78 is 0. The van der Waals surface area contributed by atoms with Crippen LogP contribution in [0.25, 0.3) is 10.8 Å². The van der Waals surface area contributed by atoms with Crippen LogP contribution in [0.2, 0.25) is 0 Å². The van der Waals surface area contributed by atoms with Gasteiger partial charge in [0, 0.05) is 5.39 Å². The van der Waals surface area contributed by atoms with Crippen molar-refractivity contribution in [2.24, 2.45) is 10.2 Å². The molecule has 110 valence electrons. The first kappa shape index (κ1) is 14.3. The molecule has 0 saturated heterocycles. The summed E-state index contributed by atoms with van der Waals surface area (Å²) in [6.45, 7) is 4.22. The van der Waals surface area contributed by atoms with Crippen molar-refractivity contribution in [1.82, 2.24) is 0 Å². The quantitative estimate of drug-likeness (QED) is 0.583. The third kappa shape index (κ3) is 2.84. The minimum Gasteiger partial charge on any atom is -0.506 e. The molecule has 0 aliphatic heterocycles. The predicted octanol–water partition coefficient (Wildman–Crippen LogP) is 6.08. The van der Waals surface area contributed by atoms with Crippen molar-refractivity contribution in [3.8, 4) is 5.75 Å². The Morgan fingerprint density at radius 2 is 1.55 bits per heavy atom. The Bertz CT molecular complexity index is 832. The van der Waals surface area contributed by atoms with Crippen molar-refractivity contribution < 1.29 is 5.11 Å². The number of rotatable bonds is 3. The maximum absolute atomic E-state index is 9.95. The maximum atomic E-state index is 9.95. The van der Waals surface area contributed by atoms with Crippen LogP contribution in [0.3, 0.4) is 0 Å². The predicted molar refractivity (Wildman–Crippen MR) is 90.3 cm³/mol. The van der Waals surface area contributed by atoms with Gasteiger partial charge in [0.05, 0.1) is 5.69 Å². The molecule has 0 fully saturated rings. The number of aromatic hydroxyl groups is 1. The van der Waals surface area contributed by atoms with Crippen molar-refractivity contribution in [3.63, 3.8) is 0 Å². The molecule has 3 nitrogen and oxygen atoms in total.